The Morgan fingerprint density at radius 1 is 0.897 bits per heavy atom. The first-order valence-corrected chi connectivity index (χ1v) is 28.2. The zero-order chi connectivity index (χ0) is 54.2. The average molecular weight is 1080 g/mol. The van der Waals surface area contributed by atoms with Crippen LogP contribution >= 0.6 is 11.3 Å². The third-order valence-corrected chi connectivity index (χ3v) is 17.4. The Bertz CT molecular complexity index is 3090. The number of amides is 3. The summed E-state index contributed by atoms with van der Waals surface area (Å²) in [6.07, 6.45) is 8.68. The minimum atomic E-state index is -0.862. The van der Waals surface area contributed by atoms with Crippen molar-refractivity contribution < 1.29 is 38.6 Å². The van der Waals surface area contributed by atoms with Gasteiger partial charge in [-0.2, -0.15) is 0 Å². The standard InChI is InChI=1S/C57H68N12O8S/c1-32(2)52(57(74)68-30-41(70)24-47(68)55(72)62-33(3)36-9-12-44(60-27-36)53-34(4)61-31-78-53)49-26-51(65-77-49)75-20-16-35-14-18-66(19-15-35)56(73)37-21-42(22-37)76-50-23-38(13-17-59-50)69-39-10-11-40(69)29-67(28-39)46-25-45(63-64-54(46)58)43-7-5-6-8-48(43)71/h5-9,12-13,17,23,25-27,31-33,35,37,39-42,47,52,70-71H,10-11,14-16,18-22,24,28-30H2,1-4H3,(H2,58,64)(H,62,72)/t33-,37-,39?,40?,41+,42-,47-,52-/m0/s1. The van der Waals surface area contributed by atoms with Crippen molar-refractivity contribution in [3.05, 3.63) is 95.6 Å². The van der Waals surface area contributed by atoms with E-state index >= 15 is 0 Å². The number of nitrogen functional groups attached to an aromatic ring is 1. The van der Waals surface area contributed by atoms with Crippen molar-refractivity contribution >= 4 is 46.3 Å². The first kappa shape index (κ1) is 52.7. The largest absolute Gasteiger partial charge is 0.507 e. The molecule has 9 heterocycles. The Morgan fingerprint density at radius 3 is 2.40 bits per heavy atom. The minimum absolute atomic E-state index is 0.0293. The van der Waals surface area contributed by atoms with Gasteiger partial charge in [0.2, 0.25) is 23.6 Å². The number of thiazole rings is 1. The fraction of sp³-hybridized carbons (Fsp3) is 0.491. The van der Waals surface area contributed by atoms with Crippen molar-refractivity contribution in [2.24, 2.45) is 17.8 Å². The van der Waals surface area contributed by atoms with Crippen LogP contribution in [0.15, 0.2) is 83.1 Å². The van der Waals surface area contributed by atoms with E-state index in [9.17, 15) is 24.6 Å². The number of carbonyl (C=O) groups excluding carboxylic acids is 3. The van der Waals surface area contributed by atoms with Gasteiger partial charge in [0, 0.05) is 92.9 Å². The number of β-amino-alcohol motifs (C(OH)–C–C–N with tert-alkyl or cyclic N) is 1. The number of nitrogens with two attached hydrogens (primary N) is 1. The quantitative estimate of drug-likeness (QED) is 0.0722. The predicted molar refractivity (Wildman–Crippen MR) is 293 cm³/mol. The van der Waals surface area contributed by atoms with Crippen molar-refractivity contribution in [2.75, 3.05) is 54.9 Å². The Hall–Kier alpha value is -7.39. The summed E-state index contributed by atoms with van der Waals surface area (Å²) >= 11 is 1.52. The smallest absolute Gasteiger partial charge is 0.254 e. The number of nitrogens with zero attached hydrogens (tertiary/aromatic N) is 10. The molecule has 20 nitrogen and oxygen atoms in total. The molecule has 0 radical (unpaired) electrons. The predicted octanol–water partition coefficient (Wildman–Crippen LogP) is 6.94. The zero-order valence-corrected chi connectivity index (χ0v) is 45.3. The van der Waals surface area contributed by atoms with Gasteiger partial charge < -0.3 is 54.9 Å². The van der Waals surface area contributed by atoms with Crippen LogP contribution in [0.2, 0.25) is 0 Å². The molecule has 1 aromatic carbocycles. The first-order chi connectivity index (χ1) is 37.7. The molecule has 6 atom stereocenters. The van der Waals surface area contributed by atoms with Crippen LogP contribution in [0.5, 0.6) is 17.5 Å². The Labute approximate surface area is 457 Å². The summed E-state index contributed by atoms with van der Waals surface area (Å²) < 4.78 is 18.2. The van der Waals surface area contributed by atoms with Gasteiger partial charge in [-0.25, -0.2) is 9.97 Å². The SMILES string of the molecule is Cc1ncsc1-c1ccc([C@H](C)NC(=O)[C@@H]2C[C@@H](O)CN2C(=O)[C@H](c2cc(OCCC3CCN(C(=O)[C@H]4C[C@H](Oc5cc(N6C7CCC6CN(c6cc(-c8ccccc8O)nnc6N)C7)ccn5)C4)CC3)no2)C(C)C)cn1. The van der Waals surface area contributed by atoms with Gasteiger partial charge >= 0.3 is 0 Å². The van der Waals surface area contributed by atoms with Crippen LogP contribution in [0, 0.1) is 24.7 Å². The van der Waals surface area contributed by atoms with E-state index in [1.165, 1.54) is 16.2 Å². The van der Waals surface area contributed by atoms with Crippen molar-refractivity contribution in [1.82, 2.24) is 45.4 Å². The molecule has 4 aliphatic heterocycles. The van der Waals surface area contributed by atoms with Gasteiger partial charge in [0.15, 0.2) is 11.6 Å². The highest BCUT2D eigenvalue weighted by molar-refractivity contribution is 7.13. The molecule has 1 aliphatic carbocycles. The van der Waals surface area contributed by atoms with Gasteiger partial charge in [-0.3, -0.25) is 19.4 Å². The molecular weight excluding hydrogens is 1010 g/mol. The molecule has 2 bridgehead atoms. The third-order valence-electron chi connectivity index (χ3n) is 16.5. The molecule has 410 valence electrons. The topological polar surface area (TPSA) is 252 Å². The van der Waals surface area contributed by atoms with E-state index in [2.05, 4.69) is 45.4 Å². The highest BCUT2D eigenvalue weighted by atomic mass is 32.1. The number of ether oxygens (including phenoxy) is 2. The number of hydrogen-bond acceptors (Lipinski definition) is 18. The van der Waals surface area contributed by atoms with Crippen LogP contribution in [0.4, 0.5) is 17.2 Å². The Kier molecular flexibility index (Phi) is 15.2. The highest BCUT2D eigenvalue weighted by Gasteiger charge is 2.45. The number of rotatable bonds is 17. The number of aromatic nitrogens is 6. The number of benzene rings is 1. The molecule has 0 spiro atoms. The second-order valence-electron chi connectivity index (χ2n) is 22.0. The van der Waals surface area contributed by atoms with Crippen molar-refractivity contribution in [3.8, 4) is 39.3 Å². The lowest BCUT2D eigenvalue weighted by Gasteiger charge is -2.43. The maximum Gasteiger partial charge on any atom is 0.254 e. The number of aliphatic hydroxyl groups excluding tert-OH is 1. The number of phenols is 1. The molecular formula is C57H68N12O8S. The third kappa shape index (κ3) is 11.0. The summed E-state index contributed by atoms with van der Waals surface area (Å²) in [7, 11) is 0. The van der Waals surface area contributed by atoms with Crippen LogP contribution in [-0.2, 0) is 14.4 Å². The number of phenolic OH excluding ortho intramolecular Hbond substituents is 1. The zero-order valence-electron chi connectivity index (χ0n) is 44.5. The lowest BCUT2D eigenvalue weighted by molar-refractivity contribution is -0.143. The number of para-hydroxylation sites is 1. The summed E-state index contributed by atoms with van der Waals surface area (Å²) in [6, 6.07) is 17.9. The van der Waals surface area contributed by atoms with E-state index in [0.29, 0.717) is 67.2 Å². The lowest BCUT2D eigenvalue weighted by Crippen LogP contribution is -2.54. The number of aromatic hydroxyl groups is 1. The van der Waals surface area contributed by atoms with Crippen LogP contribution in [-0.4, -0.2) is 138 Å². The number of nitrogens with one attached hydrogen (secondary N) is 1. The number of piperidine rings is 1. The molecule has 6 aromatic rings. The fourth-order valence-electron chi connectivity index (χ4n) is 12.1. The summed E-state index contributed by atoms with van der Waals surface area (Å²) in [4.78, 5) is 64.3. The molecule has 1 saturated carbocycles. The average Bonchev–Trinajstić information content (AvgIpc) is 4.29. The molecule has 78 heavy (non-hydrogen) atoms. The minimum Gasteiger partial charge on any atom is -0.507 e. The Morgan fingerprint density at radius 2 is 1.68 bits per heavy atom. The van der Waals surface area contributed by atoms with Gasteiger partial charge in [0.1, 0.15) is 23.8 Å². The number of piperazine rings is 1. The number of fused-ring (bicyclic) bond motifs is 2. The summed E-state index contributed by atoms with van der Waals surface area (Å²) in [6.45, 7) is 11.0. The van der Waals surface area contributed by atoms with E-state index in [0.717, 1.165) is 78.4 Å². The number of pyridine rings is 2. The highest BCUT2D eigenvalue weighted by Crippen LogP contribution is 2.41. The summed E-state index contributed by atoms with van der Waals surface area (Å²) in [5.74, 6) is 0.589. The van der Waals surface area contributed by atoms with Gasteiger partial charge in [-0.1, -0.05) is 32.0 Å². The molecule has 21 heteroatoms. The number of anilines is 3. The van der Waals surface area contributed by atoms with Crippen molar-refractivity contribution in [3.63, 3.8) is 0 Å². The first-order valence-electron chi connectivity index (χ1n) is 27.4. The van der Waals surface area contributed by atoms with Gasteiger partial charge in [-0.15, -0.1) is 21.5 Å². The van der Waals surface area contributed by atoms with Crippen molar-refractivity contribution in [2.45, 2.75) is 121 Å². The van der Waals surface area contributed by atoms with E-state index in [1.54, 1.807) is 36.1 Å². The summed E-state index contributed by atoms with van der Waals surface area (Å²) in [5, 5.41) is 36.9. The van der Waals surface area contributed by atoms with E-state index in [4.69, 9.17) is 19.7 Å². The van der Waals surface area contributed by atoms with Crippen LogP contribution < -0.4 is 30.3 Å². The number of hydrogen-bond donors (Lipinski definition) is 4. The molecule has 5 aromatic heterocycles. The lowest BCUT2D eigenvalue weighted by atomic mass is 9.80. The number of aryl methyl sites for hydroxylation is 1. The van der Waals surface area contributed by atoms with Gasteiger partial charge in [-0.05, 0) is 112 Å². The summed E-state index contributed by atoms with van der Waals surface area (Å²) in [5.41, 5.74) is 13.8. The van der Waals surface area contributed by atoms with E-state index in [-0.39, 0.29) is 78.4 Å². The molecule has 5 aliphatic rings. The molecule has 5 N–H and O–H groups in total. The number of likely N-dealkylation sites (tertiary alicyclic amines) is 2. The van der Waals surface area contributed by atoms with Crippen LogP contribution in [0.1, 0.15) is 101 Å². The molecule has 11 rings (SSSR count). The van der Waals surface area contributed by atoms with Gasteiger partial charge in [0.25, 0.3) is 5.88 Å². The number of carbonyl (C=O) groups is 3. The molecule has 4 saturated heterocycles. The molecule has 5 fully saturated rings. The maximum absolute atomic E-state index is 14.3. The van der Waals surface area contributed by atoms with Crippen LogP contribution in [0.25, 0.3) is 21.8 Å². The van der Waals surface area contributed by atoms with E-state index < -0.39 is 18.1 Å². The fourth-order valence-corrected chi connectivity index (χ4v) is 12.9. The number of aliphatic hydroxyl groups is 1. The van der Waals surface area contributed by atoms with E-state index in [1.807, 2.05) is 75.1 Å². The normalized spacial score (nSPS) is 23.1. The monoisotopic (exact) mass is 1080 g/mol. The maximum atomic E-state index is 14.3. The van der Waals surface area contributed by atoms with Crippen molar-refractivity contribution in [1.29, 1.82) is 0 Å². The Balaban J connectivity index is 0.610. The van der Waals surface area contributed by atoms with Gasteiger partial charge in [0.05, 0.1) is 51.9 Å². The molecule has 2 unspecified atom stereocenters. The second-order valence-corrected chi connectivity index (χ2v) is 22.9. The van der Waals surface area contributed by atoms with Crippen LogP contribution in [0.3, 0.4) is 0 Å². The molecule has 3 amide bonds. The second kappa shape index (κ2) is 22.5.